The first-order valence-electron chi connectivity index (χ1n) is 4.67. The predicted octanol–water partition coefficient (Wildman–Crippen LogP) is 1.86. The molecule has 90 valence electrons. The van der Waals surface area contributed by atoms with Crippen LogP contribution < -0.4 is 0 Å². The second-order valence-electron chi connectivity index (χ2n) is 3.30. The molecule has 0 radical (unpaired) electrons. The Labute approximate surface area is 98.8 Å². The summed E-state index contributed by atoms with van der Waals surface area (Å²) in [5.41, 5.74) is 0.150. The van der Waals surface area contributed by atoms with E-state index >= 15 is 0 Å². The van der Waals surface area contributed by atoms with Gasteiger partial charge in [0.15, 0.2) is 14.5 Å². The van der Waals surface area contributed by atoms with Crippen molar-refractivity contribution >= 4 is 21.4 Å². The third-order valence-corrected chi connectivity index (χ3v) is 4.99. The molecule has 0 heterocycles. The fraction of sp³-hybridized carbons (Fsp3) is 0.400. The first kappa shape index (κ1) is 13.4. The average Bonchev–Trinajstić information content (AvgIpc) is 2.27. The zero-order valence-corrected chi connectivity index (χ0v) is 10.2. The number of benzene rings is 1. The van der Waals surface area contributed by atoms with Gasteiger partial charge in [-0.05, 0) is 17.7 Å². The van der Waals surface area contributed by atoms with E-state index in [-0.39, 0.29) is 11.3 Å². The summed E-state index contributed by atoms with van der Waals surface area (Å²) < 4.78 is 34.2. The number of sulfone groups is 1. The highest BCUT2D eigenvalue weighted by molar-refractivity contribution is 7.93. The molecule has 0 spiro atoms. The van der Waals surface area contributed by atoms with Gasteiger partial charge in [0.05, 0.1) is 0 Å². The Morgan fingerprint density at radius 1 is 1.50 bits per heavy atom. The fourth-order valence-electron chi connectivity index (χ4n) is 1.20. The summed E-state index contributed by atoms with van der Waals surface area (Å²) in [7, 11) is -3.57. The van der Waals surface area contributed by atoms with E-state index in [1.165, 1.54) is 25.1 Å². The summed E-state index contributed by atoms with van der Waals surface area (Å²) in [6.45, 7) is 1.43. The molecule has 0 aromatic heterocycles. The largest absolute Gasteiger partial charge is 0.386 e. The highest BCUT2D eigenvalue weighted by Gasteiger charge is 2.30. The van der Waals surface area contributed by atoms with Crippen LogP contribution in [0.15, 0.2) is 24.3 Å². The third kappa shape index (κ3) is 2.93. The lowest BCUT2D eigenvalue weighted by Gasteiger charge is -2.16. The van der Waals surface area contributed by atoms with Gasteiger partial charge < -0.3 is 5.11 Å². The maximum absolute atomic E-state index is 12.9. The molecule has 1 N–H and O–H groups in total. The van der Waals surface area contributed by atoms with Crippen molar-refractivity contribution in [2.75, 3.05) is 5.75 Å². The van der Waals surface area contributed by atoms with Crippen LogP contribution in [-0.2, 0) is 9.84 Å². The van der Waals surface area contributed by atoms with Crippen LogP contribution in [0.5, 0.6) is 0 Å². The molecule has 1 aromatic carbocycles. The summed E-state index contributed by atoms with van der Waals surface area (Å²) in [5, 5.41) is 9.70. The van der Waals surface area contributed by atoms with Crippen LogP contribution in [0.25, 0.3) is 0 Å². The molecule has 0 aliphatic carbocycles. The Kier molecular flexibility index (Phi) is 4.29. The number of hydrogen-bond acceptors (Lipinski definition) is 3. The minimum atomic E-state index is -3.57. The first-order valence-corrected chi connectivity index (χ1v) is 6.83. The van der Waals surface area contributed by atoms with Crippen molar-refractivity contribution < 1.29 is 17.9 Å². The lowest BCUT2D eigenvalue weighted by molar-refractivity contribution is 0.191. The molecule has 0 unspecified atom stereocenters. The van der Waals surface area contributed by atoms with Gasteiger partial charge in [0.25, 0.3) is 0 Å². The number of alkyl halides is 1. The van der Waals surface area contributed by atoms with Crippen LogP contribution in [-0.4, -0.2) is 24.0 Å². The van der Waals surface area contributed by atoms with Crippen molar-refractivity contribution in [3.05, 3.63) is 35.6 Å². The highest BCUT2D eigenvalue weighted by Crippen LogP contribution is 2.26. The normalized spacial score (nSPS) is 15.8. The SMILES string of the molecule is CCS(=O)(=O)[C@@H](Cl)[C@H](O)c1cccc(F)c1. The monoisotopic (exact) mass is 266 g/mol. The lowest BCUT2D eigenvalue weighted by atomic mass is 10.1. The van der Waals surface area contributed by atoms with Gasteiger partial charge in [-0.1, -0.05) is 19.1 Å². The molecule has 1 aromatic rings. The van der Waals surface area contributed by atoms with E-state index in [0.29, 0.717) is 0 Å². The van der Waals surface area contributed by atoms with Gasteiger partial charge in [-0.25, -0.2) is 12.8 Å². The van der Waals surface area contributed by atoms with Gasteiger partial charge in [0.1, 0.15) is 11.9 Å². The van der Waals surface area contributed by atoms with Gasteiger partial charge in [-0.3, -0.25) is 0 Å². The molecule has 0 saturated heterocycles. The number of halogens is 2. The molecule has 0 amide bonds. The Bertz CT molecular complexity index is 461. The van der Waals surface area contributed by atoms with Crippen LogP contribution in [0.1, 0.15) is 18.6 Å². The Morgan fingerprint density at radius 3 is 2.62 bits per heavy atom. The van der Waals surface area contributed by atoms with Crippen LogP contribution in [0.4, 0.5) is 4.39 Å². The molecule has 0 bridgehead atoms. The van der Waals surface area contributed by atoms with Crippen LogP contribution in [0, 0.1) is 5.82 Å². The highest BCUT2D eigenvalue weighted by atomic mass is 35.5. The molecule has 3 nitrogen and oxygen atoms in total. The molecule has 0 aliphatic rings. The maximum atomic E-state index is 12.9. The molecular formula is C10H12ClFO3S. The van der Waals surface area contributed by atoms with E-state index in [1.54, 1.807) is 0 Å². The number of rotatable bonds is 4. The minimum absolute atomic E-state index is 0.150. The summed E-state index contributed by atoms with van der Waals surface area (Å²) in [4.78, 5) is 0. The van der Waals surface area contributed by atoms with Crippen molar-refractivity contribution in [3.8, 4) is 0 Å². The Hall–Kier alpha value is -0.650. The second-order valence-corrected chi connectivity index (χ2v) is 6.44. The molecule has 1 rings (SSSR count). The molecule has 2 atom stereocenters. The number of aliphatic hydroxyl groups is 1. The molecular weight excluding hydrogens is 255 g/mol. The van der Waals surface area contributed by atoms with Crippen LogP contribution in [0.3, 0.4) is 0 Å². The molecule has 6 heteroatoms. The predicted molar refractivity (Wildman–Crippen MR) is 60.5 cm³/mol. The third-order valence-electron chi connectivity index (χ3n) is 2.18. The van der Waals surface area contributed by atoms with Gasteiger partial charge in [-0.15, -0.1) is 11.6 Å². The van der Waals surface area contributed by atoms with E-state index in [2.05, 4.69) is 0 Å². The van der Waals surface area contributed by atoms with Gasteiger partial charge in [0.2, 0.25) is 0 Å². The van der Waals surface area contributed by atoms with Crippen molar-refractivity contribution in [2.45, 2.75) is 17.7 Å². The van der Waals surface area contributed by atoms with E-state index in [0.717, 1.165) is 6.07 Å². The molecule has 0 fully saturated rings. The topological polar surface area (TPSA) is 54.4 Å². The van der Waals surface area contributed by atoms with Crippen molar-refractivity contribution in [1.82, 2.24) is 0 Å². The second kappa shape index (κ2) is 5.12. The first-order chi connectivity index (χ1) is 7.38. The minimum Gasteiger partial charge on any atom is -0.386 e. The van der Waals surface area contributed by atoms with Crippen LogP contribution in [0.2, 0.25) is 0 Å². The lowest BCUT2D eigenvalue weighted by Crippen LogP contribution is -2.24. The van der Waals surface area contributed by atoms with Gasteiger partial charge >= 0.3 is 0 Å². The average molecular weight is 267 g/mol. The van der Waals surface area contributed by atoms with Gasteiger partial charge in [0, 0.05) is 5.75 Å². The molecule has 0 saturated carbocycles. The molecule has 0 aliphatic heterocycles. The summed E-state index contributed by atoms with van der Waals surface area (Å²) >= 11 is 5.65. The summed E-state index contributed by atoms with van der Waals surface area (Å²) in [6.07, 6.45) is -1.43. The summed E-state index contributed by atoms with van der Waals surface area (Å²) in [5.74, 6) is -0.720. The maximum Gasteiger partial charge on any atom is 0.169 e. The van der Waals surface area contributed by atoms with E-state index in [1.807, 2.05) is 0 Å². The quantitative estimate of drug-likeness (QED) is 0.847. The Balaban J connectivity index is 2.99. The zero-order chi connectivity index (χ0) is 12.3. The van der Waals surface area contributed by atoms with E-state index in [4.69, 9.17) is 11.6 Å². The van der Waals surface area contributed by atoms with E-state index in [9.17, 15) is 17.9 Å². The van der Waals surface area contributed by atoms with Crippen molar-refractivity contribution in [1.29, 1.82) is 0 Å². The fourth-order valence-corrected chi connectivity index (χ4v) is 2.59. The summed E-state index contributed by atoms with van der Waals surface area (Å²) in [6, 6.07) is 5.07. The Morgan fingerprint density at radius 2 is 2.12 bits per heavy atom. The van der Waals surface area contributed by atoms with E-state index < -0.39 is 26.5 Å². The smallest absolute Gasteiger partial charge is 0.169 e. The van der Waals surface area contributed by atoms with Crippen molar-refractivity contribution in [3.63, 3.8) is 0 Å². The van der Waals surface area contributed by atoms with Gasteiger partial charge in [-0.2, -0.15) is 0 Å². The standard InChI is InChI=1S/C10H12ClFO3S/c1-2-16(14,15)10(11)9(13)7-4-3-5-8(12)6-7/h3-6,9-10,13H,2H2,1H3/t9-,10-/m1/s1. The number of aliphatic hydroxyl groups excluding tert-OH is 1. The van der Waals surface area contributed by atoms with Crippen LogP contribution >= 0.6 is 11.6 Å². The molecule has 16 heavy (non-hydrogen) atoms. The number of hydrogen-bond donors (Lipinski definition) is 1. The van der Waals surface area contributed by atoms with Crippen molar-refractivity contribution in [2.24, 2.45) is 0 Å². The zero-order valence-electron chi connectivity index (χ0n) is 8.60.